The van der Waals surface area contributed by atoms with Crippen molar-refractivity contribution in [3.05, 3.63) is 70.0 Å². The van der Waals surface area contributed by atoms with Crippen LogP contribution in [0, 0.1) is 17.5 Å². The molecule has 0 radical (unpaired) electrons. The second-order valence-electron chi connectivity index (χ2n) is 4.73. The minimum absolute atomic E-state index is 0.0391. The second-order valence-corrected chi connectivity index (χ2v) is 5.11. The van der Waals surface area contributed by atoms with Crippen molar-refractivity contribution in [2.45, 2.75) is 19.4 Å². The predicted octanol–water partition coefficient (Wildman–Crippen LogP) is 4.65. The summed E-state index contributed by atoms with van der Waals surface area (Å²) in [6, 6.07) is 7.54. The summed E-state index contributed by atoms with van der Waals surface area (Å²) in [5.74, 6) is -1.79. The van der Waals surface area contributed by atoms with Gasteiger partial charge in [-0.1, -0.05) is 30.7 Å². The van der Waals surface area contributed by atoms with E-state index in [9.17, 15) is 13.2 Å². The summed E-state index contributed by atoms with van der Waals surface area (Å²) >= 11 is 5.94. The summed E-state index contributed by atoms with van der Waals surface area (Å²) in [6.07, 6.45) is 0.341. The number of benzene rings is 2. The summed E-state index contributed by atoms with van der Waals surface area (Å²) in [6.45, 7) is 2.49. The van der Waals surface area contributed by atoms with Gasteiger partial charge in [0.05, 0.1) is 5.02 Å². The van der Waals surface area contributed by atoms with Crippen LogP contribution in [0.15, 0.2) is 36.4 Å². The fourth-order valence-corrected chi connectivity index (χ4v) is 2.46. The van der Waals surface area contributed by atoms with Gasteiger partial charge in [-0.05, 0) is 42.3 Å². The highest BCUT2D eigenvalue weighted by atomic mass is 35.5. The van der Waals surface area contributed by atoms with Crippen molar-refractivity contribution < 1.29 is 13.2 Å². The average Bonchev–Trinajstić information content (AvgIpc) is 2.42. The van der Waals surface area contributed by atoms with E-state index in [1.807, 2.05) is 6.92 Å². The quantitative estimate of drug-likeness (QED) is 0.847. The highest BCUT2D eigenvalue weighted by Gasteiger charge is 2.16. The molecule has 0 aliphatic carbocycles. The maximum absolute atomic E-state index is 13.5. The molecule has 0 heterocycles. The molecule has 0 aromatic heterocycles. The molecule has 2 rings (SSSR count). The van der Waals surface area contributed by atoms with E-state index in [0.717, 1.165) is 6.07 Å². The predicted molar refractivity (Wildman–Crippen MR) is 77.9 cm³/mol. The Labute approximate surface area is 126 Å². The monoisotopic (exact) mass is 313 g/mol. The molecule has 0 saturated heterocycles. The van der Waals surface area contributed by atoms with Gasteiger partial charge in [-0.25, -0.2) is 13.2 Å². The molecule has 1 unspecified atom stereocenters. The van der Waals surface area contributed by atoms with Gasteiger partial charge >= 0.3 is 0 Å². The van der Waals surface area contributed by atoms with E-state index < -0.39 is 17.5 Å². The lowest BCUT2D eigenvalue weighted by molar-refractivity contribution is 0.527. The number of halogens is 4. The van der Waals surface area contributed by atoms with Crippen LogP contribution in [0.3, 0.4) is 0 Å². The maximum atomic E-state index is 13.5. The zero-order valence-corrected chi connectivity index (χ0v) is 12.2. The largest absolute Gasteiger partial charge is 0.310 e. The first-order valence-corrected chi connectivity index (χ1v) is 7.01. The van der Waals surface area contributed by atoms with Crippen LogP contribution in [0.4, 0.5) is 13.2 Å². The number of hydrogen-bond acceptors (Lipinski definition) is 1. The molecule has 112 valence electrons. The molecule has 0 saturated carbocycles. The molecule has 0 fully saturated rings. The molecule has 1 atom stereocenters. The second kappa shape index (κ2) is 6.96. The van der Waals surface area contributed by atoms with Crippen molar-refractivity contribution in [1.29, 1.82) is 0 Å². The SMILES string of the molecule is CCNC(Cc1cccc(F)c1Cl)c1cc(F)cc(F)c1. The van der Waals surface area contributed by atoms with Crippen molar-refractivity contribution in [3.63, 3.8) is 0 Å². The van der Waals surface area contributed by atoms with Gasteiger partial charge in [0, 0.05) is 12.1 Å². The summed E-state index contributed by atoms with van der Waals surface area (Å²) in [7, 11) is 0. The van der Waals surface area contributed by atoms with Crippen molar-refractivity contribution >= 4 is 11.6 Å². The average molecular weight is 314 g/mol. The van der Waals surface area contributed by atoms with E-state index in [0.29, 0.717) is 24.1 Å². The van der Waals surface area contributed by atoms with Crippen LogP contribution in [0.1, 0.15) is 24.1 Å². The molecule has 5 heteroatoms. The first-order valence-electron chi connectivity index (χ1n) is 6.63. The van der Waals surface area contributed by atoms with E-state index in [1.165, 1.54) is 18.2 Å². The van der Waals surface area contributed by atoms with Crippen LogP contribution < -0.4 is 5.32 Å². The van der Waals surface area contributed by atoms with Crippen LogP contribution in [0.25, 0.3) is 0 Å². The molecule has 0 bridgehead atoms. The first kappa shape index (κ1) is 15.9. The van der Waals surface area contributed by atoms with E-state index in [-0.39, 0.29) is 11.1 Å². The van der Waals surface area contributed by atoms with Gasteiger partial charge in [-0.2, -0.15) is 0 Å². The van der Waals surface area contributed by atoms with Crippen LogP contribution >= 0.6 is 11.6 Å². The third kappa shape index (κ3) is 3.99. The molecule has 21 heavy (non-hydrogen) atoms. The van der Waals surface area contributed by atoms with Gasteiger partial charge in [-0.3, -0.25) is 0 Å². The zero-order valence-electron chi connectivity index (χ0n) is 11.5. The Bertz CT molecular complexity index is 611. The minimum atomic E-state index is -0.641. The number of hydrogen-bond donors (Lipinski definition) is 1. The van der Waals surface area contributed by atoms with E-state index >= 15 is 0 Å². The standard InChI is InChI=1S/C16H15ClF3N/c1-2-21-15(11-6-12(18)9-13(19)7-11)8-10-4-3-5-14(20)16(10)17/h3-7,9,15,21H,2,8H2,1H3. The van der Waals surface area contributed by atoms with Crippen LogP contribution in [0.2, 0.25) is 5.02 Å². The lowest BCUT2D eigenvalue weighted by Crippen LogP contribution is -2.23. The molecule has 1 N–H and O–H groups in total. The Morgan fingerprint density at radius 3 is 2.38 bits per heavy atom. The number of rotatable bonds is 5. The zero-order chi connectivity index (χ0) is 15.4. The highest BCUT2D eigenvalue weighted by Crippen LogP contribution is 2.26. The van der Waals surface area contributed by atoms with Gasteiger partial charge in [0.2, 0.25) is 0 Å². The van der Waals surface area contributed by atoms with Gasteiger partial charge < -0.3 is 5.32 Å². The molecule has 1 nitrogen and oxygen atoms in total. The molecule has 2 aromatic carbocycles. The Morgan fingerprint density at radius 1 is 1.10 bits per heavy atom. The normalized spacial score (nSPS) is 12.4. The molecule has 0 amide bonds. The van der Waals surface area contributed by atoms with Crippen LogP contribution in [-0.2, 0) is 6.42 Å². The summed E-state index contributed by atoms with van der Waals surface area (Å²) in [5, 5.41) is 3.17. The molecule has 0 spiro atoms. The third-order valence-corrected chi connectivity index (χ3v) is 3.62. The van der Waals surface area contributed by atoms with E-state index in [4.69, 9.17) is 11.6 Å². The van der Waals surface area contributed by atoms with Crippen LogP contribution in [-0.4, -0.2) is 6.54 Å². The van der Waals surface area contributed by atoms with Crippen molar-refractivity contribution in [2.24, 2.45) is 0 Å². The molecular formula is C16H15ClF3N. The first-order chi connectivity index (χ1) is 10.0. The number of nitrogens with one attached hydrogen (secondary N) is 1. The fourth-order valence-electron chi connectivity index (χ4n) is 2.26. The maximum Gasteiger partial charge on any atom is 0.142 e. The molecular weight excluding hydrogens is 299 g/mol. The fraction of sp³-hybridized carbons (Fsp3) is 0.250. The van der Waals surface area contributed by atoms with Crippen molar-refractivity contribution in [1.82, 2.24) is 5.32 Å². The summed E-state index contributed by atoms with van der Waals surface area (Å²) in [5.41, 5.74) is 1.06. The lowest BCUT2D eigenvalue weighted by atomic mass is 9.98. The Kier molecular flexibility index (Phi) is 5.26. The summed E-state index contributed by atoms with van der Waals surface area (Å²) < 4.78 is 40.2. The smallest absolute Gasteiger partial charge is 0.142 e. The minimum Gasteiger partial charge on any atom is -0.310 e. The van der Waals surface area contributed by atoms with Crippen LogP contribution in [0.5, 0.6) is 0 Å². The van der Waals surface area contributed by atoms with Gasteiger partial charge in [0.25, 0.3) is 0 Å². The third-order valence-electron chi connectivity index (χ3n) is 3.19. The van der Waals surface area contributed by atoms with E-state index in [1.54, 1.807) is 12.1 Å². The molecule has 0 aliphatic heterocycles. The number of likely N-dealkylation sites (N-methyl/N-ethyl adjacent to an activating group) is 1. The van der Waals surface area contributed by atoms with Gasteiger partial charge in [0.1, 0.15) is 17.5 Å². The van der Waals surface area contributed by atoms with Gasteiger partial charge in [0.15, 0.2) is 0 Å². The van der Waals surface area contributed by atoms with Gasteiger partial charge in [-0.15, -0.1) is 0 Å². The highest BCUT2D eigenvalue weighted by molar-refractivity contribution is 6.31. The van der Waals surface area contributed by atoms with E-state index in [2.05, 4.69) is 5.32 Å². The lowest BCUT2D eigenvalue weighted by Gasteiger charge is -2.19. The van der Waals surface area contributed by atoms with Crippen molar-refractivity contribution in [2.75, 3.05) is 6.54 Å². The Hall–Kier alpha value is -1.52. The van der Waals surface area contributed by atoms with Crippen molar-refractivity contribution in [3.8, 4) is 0 Å². The molecule has 2 aromatic rings. The molecule has 0 aliphatic rings. The summed E-state index contributed by atoms with van der Waals surface area (Å²) in [4.78, 5) is 0. The Balaban J connectivity index is 2.32. The topological polar surface area (TPSA) is 12.0 Å². The Morgan fingerprint density at radius 2 is 1.76 bits per heavy atom.